The Morgan fingerprint density at radius 1 is 1.00 bits per heavy atom. The van der Waals surface area contributed by atoms with Crippen LogP contribution in [0.3, 0.4) is 0 Å². The Morgan fingerprint density at radius 3 is 2.44 bits per heavy atom. The van der Waals surface area contributed by atoms with E-state index in [0.717, 1.165) is 12.2 Å². The lowest BCUT2D eigenvalue weighted by molar-refractivity contribution is 0.176. The SMILES string of the molecule is COc1ccc(C2(CN3CCCCC3)CCCC2)cc1Nc1ncc(Cl)c(Nc2ccccc2S(=O)(=O)C(C)C)n1. The summed E-state index contributed by atoms with van der Waals surface area (Å²) in [6.07, 6.45) is 10.2. The average Bonchev–Trinajstić information content (AvgIpc) is 3.45. The van der Waals surface area contributed by atoms with Crippen molar-refractivity contribution in [3.8, 4) is 5.75 Å². The van der Waals surface area contributed by atoms with Crippen LogP contribution in [-0.2, 0) is 15.3 Å². The zero-order valence-corrected chi connectivity index (χ0v) is 25.7. The summed E-state index contributed by atoms with van der Waals surface area (Å²) in [5, 5.41) is 6.18. The zero-order valence-electron chi connectivity index (χ0n) is 24.1. The molecule has 0 bridgehead atoms. The number of ether oxygens (including phenoxy) is 1. The van der Waals surface area contributed by atoms with Gasteiger partial charge in [0.05, 0.1) is 34.8 Å². The number of nitrogens with one attached hydrogen (secondary N) is 2. The fourth-order valence-corrected chi connectivity index (χ4v) is 7.45. The molecule has 1 saturated carbocycles. The Balaban J connectivity index is 1.44. The predicted octanol–water partition coefficient (Wildman–Crippen LogP) is 7.11. The number of rotatable bonds is 10. The van der Waals surface area contributed by atoms with Gasteiger partial charge in [-0.1, -0.05) is 49.1 Å². The first-order chi connectivity index (χ1) is 19.7. The van der Waals surface area contributed by atoms with Crippen molar-refractivity contribution in [2.45, 2.75) is 74.4 Å². The molecule has 220 valence electrons. The van der Waals surface area contributed by atoms with Gasteiger partial charge in [0.25, 0.3) is 0 Å². The standard InChI is InChI=1S/C31H40ClN5O3S/c1-22(2)41(38,39)28-12-6-5-11-25(28)34-29-24(32)20-33-30(36-29)35-26-19-23(13-14-27(26)40-3)31(15-7-8-16-31)21-37-17-9-4-10-18-37/h5-6,11-14,19-20,22H,4,7-10,15-18,21H2,1-3H3,(H2,33,34,35,36). The van der Waals surface area contributed by atoms with Crippen molar-refractivity contribution in [1.82, 2.24) is 14.9 Å². The summed E-state index contributed by atoms with van der Waals surface area (Å²) >= 11 is 6.46. The normalized spacial score (nSPS) is 17.5. The van der Waals surface area contributed by atoms with Crippen molar-refractivity contribution in [2.75, 3.05) is 37.4 Å². The van der Waals surface area contributed by atoms with E-state index >= 15 is 0 Å². The highest BCUT2D eigenvalue weighted by Crippen LogP contribution is 2.44. The van der Waals surface area contributed by atoms with E-state index in [1.807, 2.05) is 6.07 Å². The summed E-state index contributed by atoms with van der Waals surface area (Å²) in [5.74, 6) is 1.33. The molecule has 2 aromatic carbocycles. The maximum atomic E-state index is 13.0. The van der Waals surface area contributed by atoms with Gasteiger partial charge in [0.1, 0.15) is 10.8 Å². The van der Waals surface area contributed by atoms with Gasteiger partial charge in [-0.05, 0) is 82.4 Å². The number of anilines is 4. The number of sulfone groups is 1. The molecule has 8 nitrogen and oxygen atoms in total. The quantitative estimate of drug-likeness (QED) is 0.255. The zero-order chi connectivity index (χ0) is 29.0. The maximum absolute atomic E-state index is 13.0. The van der Waals surface area contributed by atoms with Crippen LogP contribution in [0.25, 0.3) is 0 Å². The Hall–Kier alpha value is -2.88. The second-order valence-electron chi connectivity index (χ2n) is 11.5. The largest absolute Gasteiger partial charge is 0.495 e. The molecule has 2 N–H and O–H groups in total. The van der Waals surface area contributed by atoms with Gasteiger partial charge in [-0.15, -0.1) is 0 Å². The van der Waals surface area contributed by atoms with Gasteiger partial charge in [-0.25, -0.2) is 13.4 Å². The van der Waals surface area contributed by atoms with Crippen LogP contribution in [0, 0.1) is 0 Å². The number of hydrogen-bond donors (Lipinski definition) is 2. The van der Waals surface area contributed by atoms with E-state index in [2.05, 4.69) is 37.6 Å². The lowest BCUT2D eigenvalue weighted by Crippen LogP contribution is -2.41. The van der Waals surface area contributed by atoms with E-state index in [0.29, 0.717) is 23.2 Å². The molecule has 10 heteroatoms. The van der Waals surface area contributed by atoms with Gasteiger partial charge in [-0.2, -0.15) is 4.98 Å². The molecule has 5 rings (SSSR count). The molecule has 1 aliphatic heterocycles. The molecular weight excluding hydrogens is 558 g/mol. The number of nitrogens with zero attached hydrogens (tertiary/aromatic N) is 3. The van der Waals surface area contributed by atoms with Crippen molar-refractivity contribution in [2.24, 2.45) is 0 Å². The molecular formula is C31H40ClN5O3S. The van der Waals surface area contributed by atoms with Crippen LogP contribution >= 0.6 is 11.6 Å². The third-order valence-electron chi connectivity index (χ3n) is 8.41. The first-order valence-electron chi connectivity index (χ1n) is 14.5. The van der Waals surface area contributed by atoms with Gasteiger partial charge >= 0.3 is 0 Å². The predicted molar refractivity (Wildman–Crippen MR) is 166 cm³/mol. The van der Waals surface area contributed by atoms with E-state index < -0.39 is 15.1 Å². The smallest absolute Gasteiger partial charge is 0.229 e. The van der Waals surface area contributed by atoms with Crippen molar-refractivity contribution in [3.63, 3.8) is 0 Å². The number of methoxy groups -OCH3 is 1. The van der Waals surface area contributed by atoms with Crippen LogP contribution in [0.5, 0.6) is 5.75 Å². The summed E-state index contributed by atoms with van der Waals surface area (Å²) in [6.45, 7) is 6.77. The molecule has 0 radical (unpaired) electrons. The average molecular weight is 598 g/mol. The minimum Gasteiger partial charge on any atom is -0.495 e. The highest BCUT2D eigenvalue weighted by atomic mass is 35.5. The Labute approximate surface area is 248 Å². The number of aromatic nitrogens is 2. The second kappa shape index (κ2) is 12.5. The second-order valence-corrected chi connectivity index (χ2v) is 14.3. The van der Waals surface area contributed by atoms with Crippen molar-refractivity contribution < 1.29 is 13.2 Å². The van der Waals surface area contributed by atoms with Crippen LogP contribution in [-0.4, -0.2) is 55.3 Å². The van der Waals surface area contributed by atoms with E-state index in [1.165, 1.54) is 69.8 Å². The number of para-hydroxylation sites is 1. The van der Waals surface area contributed by atoms with Crippen molar-refractivity contribution in [3.05, 3.63) is 59.2 Å². The van der Waals surface area contributed by atoms with Gasteiger partial charge in [0.2, 0.25) is 5.95 Å². The molecule has 2 heterocycles. The molecule has 1 aromatic heterocycles. The van der Waals surface area contributed by atoms with Crippen LogP contribution in [0.1, 0.15) is 64.4 Å². The van der Waals surface area contributed by atoms with E-state index in [-0.39, 0.29) is 15.3 Å². The number of benzene rings is 2. The number of piperidine rings is 1. The molecule has 2 fully saturated rings. The highest BCUT2D eigenvalue weighted by Gasteiger charge is 2.38. The first-order valence-corrected chi connectivity index (χ1v) is 16.4. The lowest BCUT2D eigenvalue weighted by Gasteiger charge is -2.38. The number of hydrogen-bond acceptors (Lipinski definition) is 8. The lowest BCUT2D eigenvalue weighted by atomic mass is 9.77. The molecule has 3 aromatic rings. The topological polar surface area (TPSA) is 96.5 Å². The number of likely N-dealkylation sites (tertiary alicyclic amines) is 1. The van der Waals surface area contributed by atoms with Crippen LogP contribution in [0.15, 0.2) is 53.6 Å². The Kier molecular flexibility index (Phi) is 9.06. The third-order valence-corrected chi connectivity index (χ3v) is 10.9. The maximum Gasteiger partial charge on any atom is 0.229 e. The molecule has 0 unspecified atom stereocenters. The minimum atomic E-state index is -3.52. The van der Waals surface area contributed by atoms with Gasteiger partial charge in [0, 0.05) is 12.0 Å². The molecule has 41 heavy (non-hydrogen) atoms. The fourth-order valence-electron chi connectivity index (χ4n) is 6.11. The molecule has 2 aliphatic rings. The summed E-state index contributed by atoms with van der Waals surface area (Å²) in [5.41, 5.74) is 2.63. The molecule has 0 spiro atoms. The van der Waals surface area contributed by atoms with Crippen LogP contribution in [0.2, 0.25) is 5.02 Å². The summed E-state index contributed by atoms with van der Waals surface area (Å²) in [7, 11) is -1.87. The Morgan fingerprint density at radius 2 is 1.73 bits per heavy atom. The third kappa shape index (κ3) is 6.47. The van der Waals surface area contributed by atoms with Gasteiger partial charge in [-0.3, -0.25) is 0 Å². The van der Waals surface area contributed by atoms with Crippen LogP contribution in [0.4, 0.5) is 23.1 Å². The van der Waals surface area contributed by atoms with E-state index in [4.69, 9.17) is 16.3 Å². The number of halogens is 1. The molecule has 1 saturated heterocycles. The molecule has 0 amide bonds. The van der Waals surface area contributed by atoms with E-state index in [9.17, 15) is 8.42 Å². The summed E-state index contributed by atoms with van der Waals surface area (Å²) in [6, 6.07) is 13.2. The van der Waals surface area contributed by atoms with E-state index in [1.54, 1.807) is 45.2 Å². The monoisotopic (exact) mass is 597 g/mol. The van der Waals surface area contributed by atoms with Gasteiger partial charge < -0.3 is 20.3 Å². The summed E-state index contributed by atoms with van der Waals surface area (Å²) < 4.78 is 31.6. The minimum absolute atomic E-state index is 0.124. The summed E-state index contributed by atoms with van der Waals surface area (Å²) in [4.78, 5) is 11.9. The highest BCUT2D eigenvalue weighted by molar-refractivity contribution is 7.92. The first kappa shape index (κ1) is 29.6. The molecule has 1 aliphatic carbocycles. The molecule has 0 atom stereocenters. The van der Waals surface area contributed by atoms with Crippen molar-refractivity contribution in [1.29, 1.82) is 0 Å². The van der Waals surface area contributed by atoms with Gasteiger partial charge in [0.15, 0.2) is 15.7 Å². The van der Waals surface area contributed by atoms with Crippen LogP contribution < -0.4 is 15.4 Å². The Bertz CT molecular complexity index is 1470. The fraction of sp³-hybridized carbons (Fsp3) is 0.484. The van der Waals surface area contributed by atoms with Crippen molar-refractivity contribution >= 4 is 44.6 Å².